The van der Waals surface area contributed by atoms with Crippen molar-refractivity contribution in [3.63, 3.8) is 0 Å². The zero-order valence-corrected chi connectivity index (χ0v) is 10.3. The molecule has 1 unspecified atom stereocenters. The van der Waals surface area contributed by atoms with Crippen LogP contribution in [0, 0.1) is 0 Å². The van der Waals surface area contributed by atoms with E-state index in [0.717, 1.165) is 25.3 Å². The van der Waals surface area contributed by atoms with Crippen LogP contribution in [0.1, 0.15) is 6.42 Å². The van der Waals surface area contributed by atoms with Gasteiger partial charge in [-0.2, -0.15) is 0 Å². The van der Waals surface area contributed by atoms with E-state index in [1.54, 1.807) is 11.3 Å². The standard InChI is InChI=1S/C13H15NO2S/c1-2-13-10(4-6-17-13)7-11(1)14-8-12-3-5-15-9-16-12/h1-2,4,6-7,12,14H,3,5,8-9H2. The van der Waals surface area contributed by atoms with Crippen LogP contribution in [0.5, 0.6) is 0 Å². The van der Waals surface area contributed by atoms with Gasteiger partial charge in [0.15, 0.2) is 0 Å². The quantitative estimate of drug-likeness (QED) is 0.906. The first-order valence-electron chi connectivity index (χ1n) is 5.82. The van der Waals surface area contributed by atoms with Crippen molar-refractivity contribution in [2.24, 2.45) is 0 Å². The van der Waals surface area contributed by atoms with Crippen molar-refractivity contribution in [3.05, 3.63) is 29.6 Å². The van der Waals surface area contributed by atoms with Crippen LogP contribution >= 0.6 is 11.3 Å². The van der Waals surface area contributed by atoms with Gasteiger partial charge in [-0.1, -0.05) is 0 Å². The Morgan fingerprint density at radius 2 is 2.35 bits per heavy atom. The fourth-order valence-corrected chi connectivity index (χ4v) is 2.74. The van der Waals surface area contributed by atoms with Crippen molar-refractivity contribution in [2.75, 3.05) is 25.3 Å². The van der Waals surface area contributed by atoms with Crippen molar-refractivity contribution in [2.45, 2.75) is 12.5 Å². The molecule has 1 aromatic heterocycles. The molecule has 1 N–H and O–H groups in total. The zero-order chi connectivity index (χ0) is 11.5. The molecule has 0 radical (unpaired) electrons. The molecule has 2 aromatic rings. The molecular formula is C13H15NO2S. The Morgan fingerprint density at radius 3 is 3.24 bits per heavy atom. The van der Waals surface area contributed by atoms with Crippen molar-refractivity contribution >= 4 is 27.1 Å². The molecule has 2 heterocycles. The maximum Gasteiger partial charge on any atom is 0.147 e. The van der Waals surface area contributed by atoms with Crippen molar-refractivity contribution in [1.29, 1.82) is 0 Å². The van der Waals surface area contributed by atoms with Crippen LogP contribution < -0.4 is 5.32 Å². The number of benzene rings is 1. The number of anilines is 1. The zero-order valence-electron chi connectivity index (χ0n) is 9.52. The minimum atomic E-state index is 0.266. The van der Waals surface area contributed by atoms with Crippen LogP contribution in [0.4, 0.5) is 5.69 Å². The molecule has 1 aromatic carbocycles. The summed E-state index contributed by atoms with van der Waals surface area (Å²) >= 11 is 1.77. The number of thiophene rings is 1. The Kier molecular flexibility index (Phi) is 3.27. The summed E-state index contributed by atoms with van der Waals surface area (Å²) in [5.74, 6) is 0. The molecule has 1 saturated heterocycles. The fraction of sp³-hybridized carbons (Fsp3) is 0.385. The SMILES string of the molecule is c1cc2cc(NCC3CCOCO3)ccc2s1. The number of nitrogens with one attached hydrogen (secondary N) is 1. The molecule has 0 bridgehead atoms. The summed E-state index contributed by atoms with van der Waals surface area (Å²) in [5.41, 5.74) is 1.16. The smallest absolute Gasteiger partial charge is 0.147 e. The van der Waals surface area contributed by atoms with E-state index in [0.29, 0.717) is 6.79 Å². The van der Waals surface area contributed by atoms with Gasteiger partial charge in [-0.05, 0) is 41.5 Å². The summed E-state index contributed by atoms with van der Waals surface area (Å²) < 4.78 is 12.0. The number of fused-ring (bicyclic) bond motifs is 1. The van der Waals surface area contributed by atoms with E-state index in [1.165, 1.54) is 10.1 Å². The van der Waals surface area contributed by atoms with Gasteiger partial charge in [0.1, 0.15) is 6.79 Å². The Hall–Kier alpha value is -1.10. The van der Waals surface area contributed by atoms with Gasteiger partial charge >= 0.3 is 0 Å². The third kappa shape index (κ3) is 2.60. The van der Waals surface area contributed by atoms with Crippen LogP contribution in [0.3, 0.4) is 0 Å². The largest absolute Gasteiger partial charge is 0.382 e. The topological polar surface area (TPSA) is 30.5 Å². The highest BCUT2D eigenvalue weighted by Gasteiger charge is 2.13. The minimum Gasteiger partial charge on any atom is -0.382 e. The highest BCUT2D eigenvalue weighted by molar-refractivity contribution is 7.17. The first kappa shape index (κ1) is 11.0. The third-order valence-corrected chi connectivity index (χ3v) is 3.86. The minimum absolute atomic E-state index is 0.266. The second kappa shape index (κ2) is 5.04. The monoisotopic (exact) mass is 249 g/mol. The first-order chi connectivity index (χ1) is 8.42. The number of rotatable bonds is 3. The summed E-state index contributed by atoms with van der Waals surface area (Å²) in [4.78, 5) is 0. The second-order valence-corrected chi connectivity index (χ2v) is 5.11. The lowest BCUT2D eigenvalue weighted by atomic mass is 10.2. The number of ether oxygens (including phenoxy) is 2. The van der Waals surface area contributed by atoms with Crippen LogP contribution in [-0.2, 0) is 9.47 Å². The summed E-state index contributed by atoms with van der Waals surface area (Å²) in [7, 11) is 0. The lowest BCUT2D eigenvalue weighted by molar-refractivity contribution is -0.133. The van der Waals surface area contributed by atoms with E-state index in [4.69, 9.17) is 9.47 Å². The maximum absolute atomic E-state index is 5.49. The molecule has 1 aliphatic heterocycles. The molecule has 0 spiro atoms. The molecule has 1 fully saturated rings. The van der Waals surface area contributed by atoms with Crippen molar-refractivity contribution in [1.82, 2.24) is 0 Å². The average molecular weight is 249 g/mol. The van der Waals surface area contributed by atoms with Gasteiger partial charge in [0.05, 0.1) is 12.7 Å². The van der Waals surface area contributed by atoms with Crippen LogP contribution in [0.15, 0.2) is 29.6 Å². The molecule has 3 nitrogen and oxygen atoms in total. The predicted octanol–water partition coefficient (Wildman–Crippen LogP) is 3.08. The van der Waals surface area contributed by atoms with Crippen LogP contribution in [0.2, 0.25) is 0 Å². The van der Waals surface area contributed by atoms with Gasteiger partial charge in [0, 0.05) is 16.9 Å². The molecule has 0 aliphatic carbocycles. The molecule has 0 saturated carbocycles. The lowest BCUT2D eigenvalue weighted by Crippen LogP contribution is -2.30. The van der Waals surface area contributed by atoms with E-state index < -0.39 is 0 Å². The molecule has 90 valence electrons. The molecular weight excluding hydrogens is 234 g/mol. The molecule has 3 rings (SSSR count). The number of hydrogen-bond acceptors (Lipinski definition) is 4. The molecule has 1 aliphatic rings. The van der Waals surface area contributed by atoms with Crippen molar-refractivity contribution < 1.29 is 9.47 Å². The van der Waals surface area contributed by atoms with Gasteiger partial charge in [-0.15, -0.1) is 11.3 Å². The van der Waals surface area contributed by atoms with Crippen LogP contribution in [0.25, 0.3) is 10.1 Å². The van der Waals surface area contributed by atoms with Gasteiger partial charge in [-0.3, -0.25) is 0 Å². The molecule has 0 amide bonds. The lowest BCUT2D eigenvalue weighted by Gasteiger charge is -2.23. The maximum atomic E-state index is 5.49. The average Bonchev–Trinajstić information content (AvgIpc) is 2.85. The fourth-order valence-electron chi connectivity index (χ4n) is 1.97. The highest BCUT2D eigenvalue weighted by Crippen LogP contribution is 2.24. The molecule has 4 heteroatoms. The Labute approximate surface area is 104 Å². The molecule has 17 heavy (non-hydrogen) atoms. The van der Waals surface area contributed by atoms with Gasteiger partial charge in [-0.25, -0.2) is 0 Å². The highest BCUT2D eigenvalue weighted by atomic mass is 32.1. The summed E-state index contributed by atoms with van der Waals surface area (Å²) in [6.45, 7) is 2.07. The normalized spacial score (nSPS) is 20.6. The van der Waals surface area contributed by atoms with Gasteiger partial charge in [0.25, 0.3) is 0 Å². The van der Waals surface area contributed by atoms with E-state index in [2.05, 4.69) is 35.0 Å². The summed E-state index contributed by atoms with van der Waals surface area (Å²) in [5, 5.41) is 6.84. The number of hydrogen-bond donors (Lipinski definition) is 1. The first-order valence-corrected chi connectivity index (χ1v) is 6.70. The van der Waals surface area contributed by atoms with E-state index in [9.17, 15) is 0 Å². The van der Waals surface area contributed by atoms with Crippen molar-refractivity contribution in [3.8, 4) is 0 Å². The van der Waals surface area contributed by atoms with Gasteiger partial charge in [0.2, 0.25) is 0 Å². The van der Waals surface area contributed by atoms with E-state index in [-0.39, 0.29) is 6.10 Å². The second-order valence-electron chi connectivity index (χ2n) is 4.16. The predicted molar refractivity (Wildman–Crippen MR) is 70.6 cm³/mol. The van der Waals surface area contributed by atoms with Crippen LogP contribution in [-0.4, -0.2) is 26.0 Å². The third-order valence-electron chi connectivity index (χ3n) is 2.96. The Balaban J connectivity index is 1.63. The summed E-state index contributed by atoms with van der Waals surface area (Å²) in [6.07, 6.45) is 1.23. The van der Waals surface area contributed by atoms with E-state index >= 15 is 0 Å². The van der Waals surface area contributed by atoms with Gasteiger partial charge < -0.3 is 14.8 Å². The Morgan fingerprint density at radius 1 is 1.35 bits per heavy atom. The summed E-state index contributed by atoms with van der Waals surface area (Å²) in [6, 6.07) is 8.62. The molecule has 1 atom stereocenters. The van der Waals surface area contributed by atoms with E-state index in [1.807, 2.05) is 0 Å². The Bertz CT molecular complexity index is 491.